The predicted molar refractivity (Wildman–Crippen MR) is 178 cm³/mol. The average Bonchev–Trinajstić information content (AvgIpc) is 3.34. The van der Waals surface area contributed by atoms with Crippen LogP contribution in [0, 0.1) is 0 Å². The van der Waals surface area contributed by atoms with Gasteiger partial charge in [-0.05, 0) is 79.1 Å². The van der Waals surface area contributed by atoms with Crippen LogP contribution in [0.5, 0.6) is 11.5 Å². The molecular formula is C36H31ClN2O5S. The Morgan fingerprint density at radius 2 is 1.76 bits per heavy atom. The molecule has 228 valence electrons. The van der Waals surface area contributed by atoms with Crippen molar-refractivity contribution in [1.29, 1.82) is 0 Å². The Bertz CT molecular complexity index is 2110. The fourth-order valence-corrected chi connectivity index (χ4v) is 6.72. The first-order chi connectivity index (χ1) is 21.9. The van der Waals surface area contributed by atoms with Crippen LogP contribution in [0.1, 0.15) is 43.5 Å². The third kappa shape index (κ3) is 6.16. The first-order valence-electron chi connectivity index (χ1n) is 14.7. The van der Waals surface area contributed by atoms with Gasteiger partial charge in [0.1, 0.15) is 18.1 Å². The minimum atomic E-state index is -0.723. The van der Waals surface area contributed by atoms with Gasteiger partial charge >= 0.3 is 5.97 Å². The number of esters is 1. The number of carbonyl (C=O) groups excluding carboxylic acids is 1. The maximum atomic E-state index is 14.1. The number of hydrogen-bond donors (Lipinski definition) is 0. The van der Waals surface area contributed by atoms with Crippen LogP contribution in [-0.4, -0.2) is 23.8 Å². The second-order valence-corrected chi connectivity index (χ2v) is 11.9. The van der Waals surface area contributed by atoms with Gasteiger partial charge in [0.2, 0.25) is 0 Å². The zero-order valence-corrected chi connectivity index (χ0v) is 26.7. The lowest BCUT2D eigenvalue weighted by atomic mass is 9.96. The molecule has 0 saturated carbocycles. The van der Waals surface area contributed by atoms with Crippen LogP contribution in [0.2, 0.25) is 5.02 Å². The number of halogens is 1. The molecule has 2 heterocycles. The van der Waals surface area contributed by atoms with Crippen LogP contribution in [0.25, 0.3) is 16.8 Å². The van der Waals surface area contributed by atoms with E-state index >= 15 is 0 Å². The summed E-state index contributed by atoms with van der Waals surface area (Å²) in [6.07, 6.45) is 1.77. The van der Waals surface area contributed by atoms with E-state index in [0.717, 1.165) is 21.9 Å². The van der Waals surface area contributed by atoms with E-state index in [1.807, 2.05) is 61.5 Å². The Morgan fingerprint density at radius 1 is 0.978 bits per heavy atom. The molecule has 0 bridgehead atoms. The first-order valence-corrected chi connectivity index (χ1v) is 15.9. The summed E-state index contributed by atoms with van der Waals surface area (Å²) < 4.78 is 19.3. The molecule has 0 aliphatic carbocycles. The van der Waals surface area contributed by atoms with Crippen LogP contribution < -0.4 is 24.4 Å². The molecular weight excluding hydrogens is 608 g/mol. The van der Waals surface area contributed by atoms with Crippen molar-refractivity contribution in [2.75, 3.05) is 13.2 Å². The van der Waals surface area contributed by atoms with Crippen molar-refractivity contribution in [2.24, 2.45) is 4.99 Å². The number of thiazole rings is 1. The van der Waals surface area contributed by atoms with Gasteiger partial charge in [-0.1, -0.05) is 77.5 Å². The molecule has 0 radical (unpaired) electrons. The van der Waals surface area contributed by atoms with Gasteiger partial charge in [0.05, 0.1) is 35.1 Å². The van der Waals surface area contributed by atoms with Crippen molar-refractivity contribution in [2.45, 2.75) is 33.4 Å². The van der Waals surface area contributed by atoms with Gasteiger partial charge in [-0.15, -0.1) is 0 Å². The highest BCUT2D eigenvalue weighted by atomic mass is 35.5. The maximum Gasteiger partial charge on any atom is 0.338 e. The molecule has 6 rings (SSSR count). The second-order valence-electron chi connectivity index (χ2n) is 10.4. The number of carbonyl (C=O) groups is 1. The number of ether oxygens (including phenoxy) is 3. The summed E-state index contributed by atoms with van der Waals surface area (Å²) in [4.78, 5) is 32.5. The second kappa shape index (κ2) is 13.1. The standard InChI is InChI=1S/C36H31ClN2O5S/c1-4-42-28-16-13-24(14-17-28)33-32(35(41)43-5-2)22(3)38-36-39(33)34(40)31(45-36)20-26-19-27(37)15-18-30(26)44-21-25-11-8-10-23-9-6-7-12-29(23)25/h6-20,33H,4-5,21H2,1-3H3/b31-20-/t33-/m1/s1. The van der Waals surface area contributed by atoms with E-state index in [-0.39, 0.29) is 12.2 Å². The monoisotopic (exact) mass is 638 g/mol. The summed E-state index contributed by atoms with van der Waals surface area (Å²) in [7, 11) is 0. The number of fused-ring (bicyclic) bond motifs is 2. The van der Waals surface area contributed by atoms with Crippen molar-refractivity contribution in [3.8, 4) is 11.5 Å². The SMILES string of the molecule is CCOC(=O)C1=C(C)N=c2s/c(=C\c3cc(Cl)ccc3OCc3cccc4ccccc34)c(=O)n2[C@@H]1c1ccc(OCC)cc1. The lowest BCUT2D eigenvalue weighted by Gasteiger charge is -2.24. The highest BCUT2D eigenvalue weighted by Crippen LogP contribution is 2.32. The van der Waals surface area contributed by atoms with Crippen molar-refractivity contribution in [1.82, 2.24) is 4.57 Å². The van der Waals surface area contributed by atoms with Gasteiger partial charge in [-0.2, -0.15) is 0 Å². The van der Waals surface area contributed by atoms with E-state index in [1.54, 1.807) is 36.6 Å². The van der Waals surface area contributed by atoms with Crippen LogP contribution in [-0.2, 0) is 16.1 Å². The van der Waals surface area contributed by atoms with Crippen LogP contribution >= 0.6 is 22.9 Å². The Kier molecular flexibility index (Phi) is 8.87. The molecule has 1 atom stereocenters. The first kappa shape index (κ1) is 30.4. The van der Waals surface area contributed by atoms with Crippen molar-refractivity contribution in [3.63, 3.8) is 0 Å². The van der Waals surface area contributed by atoms with E-state index in [1.165, 1.54) is 11.3 Å². The van der Waals surface area contributed by atoms with Crippen molar-refractivity contribution in [3.05, 3.63) is 138 Å². The highest BCUT2D eigenvalue weighted by Gasteiger charge is 2.33. The third-order valence-electron chi connectivity index (χ3n) is 7.55. The molecule has 1 aliphatic heterocycles. The normalized spacial score (nSPS) is 14.7. The summed E-state index contributed by atoms with van der Waals surface area (Å²) in [6, 6.07) is 26.3. The number of nitrogens with zero attached hydrogens (tertiary/aromatic N) is 2. The summed E-state index contributed by atoms with van der Waals surface area (Å²) in [6.45, 7) is 6.49. The summed E-state index contributed by atoms with van der Waals surface area (Å²) in [5, 5.41) is 2.76. The average molecular weight is 639 g/mol. The fraction of sp³-hybridized carbons (Fsp3) is 0.194. The fourth-order valence-electron chi connectivity index (χ4n) is 5.50. The minimum Gasteiger partial charge on any atom is -0.494 e. The summed E-state index contributed by atoms with van der Waals surface area (Å²) >= 11 is 7.66. The molecule has 0 amide bonds. The quantitative estimate of drug-likeness (QED) is 0.170. The zero-order chi connectivity index (χ0) is 31.5. The number of allylic oxidation sites excluding steroid dienone is 1. The number of benzene rings is 4. The van der Waals surface area contributed by atoms with E-state index in [4.69, 9.17) is 25.8 Å². The summed E-state index contributed by atoms with van der Waals surface area (Å²) in [5.74, 6) is 0.777. The number of aromatic nitrogens is 1. The molecule has 9 heteroatoms. The Labute approximate surface area is 269 Å². The van der Waals surface area contributed by atoms with Gasteiger partial charge in [-0.3, -0.25) is 9.36 Å². The predicted octanol–water partition coefficient (Wildman–Crippen LogP) is 6.58. The molecule has 0 saturated heterocycles. The third-order valence-corrected chi connectivity index (χ3v) is 8.76. The Hall–Kier alpha value is -4.66. The molecule has 1 aliphatic rings. The Balaban J connectivity index is 1.43. The lowest BCUT2D eigenvalue weighted by molar-refractivity contribution is -0.139. The molecule has 0 unspecified atom stereocenters. The van der Waals surface area contributed by atoms with Gasteiger partial charge in [-0.25, -0.2) is 9.79 Å². The van der Waals surface area contributed by atoms with E-state index in [0.29, 0.717) is 55.9 Å². The van der Waals surface area contributed by atoms with Gasteiger partial charge in [0, 0.05) is 10.6 Å². The van der Waals surface area contributed by atoms with Crippen LogP contribution in [0.3, 0.4) is 0 Å². The Morgan fingerprint density at radius 3 is 2.53 bits per heavy atom. The van der Waals surface area contributed by atoms with Crippen molar-refractivity contribution < 1.29 is 19.0 Å². The van der Waals surface area contributed by atoms with Gasteiger partial charge in [0.15, 0.2) is 4.80 Å². The van der Waals surface area contributed by atoms with E-state index < -0.39 is 12.0 Å². The highest BCUT2D eigenvalue weighted by molar-refractivity contribution is 7.07. The summed E-state index contributed by atoms with van der Waals surface area (Å²) in [5.41, 5.74) is 2.98. The van der Waals surface area contributed by atoms with Crippen LogP contribution in [0.15, 0.2) is 106 Å². The van der Waals surface area contributed by atoms with Gasteiger partial charge < -0.3 is 14.2 Å². The molecule has 45 heavy (non-hydrogen) atoms. The topological polar surface area (TPSA) is 79.1 Å². The van der Waals surface area contributed by atoms with E-state index in [9.17, 15) is 9.59 Å². The maximum absolute atomic E-state index is 14.1. The van der Waals surface area contributed by atoms with Crippen molar-refractivity contribution >= 4 is 45.8 Å². The smallest absolute Gasteiger partial charge is 0.338 e. The number of hydrogen-bond acceptors (Lipinski definition) is 7. The lowest BCUT2D eigenvalue weighted by Crippen LogP contribution is -2.39. The molecule has 1 aromatic heterocycles. The molecule has 0 N–H and O–H groups in total. The molecule has 4 aromatic carbocycles. The minimum absolute atomic E-state index is 0.201. The van der Waals surface area contributed by atoms with Crippen LogP contribution in [0.4, 0.5) is 0 Å². The molecule has 0 spiro atoms. The van der Waals surface area contributed by atoms with Gasteiger partial charge in [0.25, 0.3) is 5.56 Å². The molecule has 0 fully saturated rings. The largest absolute Gasteiger partial charge is 0.494 e. The molecule has 5 aromatic rings. The number of rotatable bonds is 9. The molecule has 7 nitrogen and oxygen atoms in total. The zero-order valence-electron chi connectivity index (χ0n) is 25.1. The van der Waals surface area contributed by atoms with E-state index in [2.05, 4.69) is 23.2 Å².